The zero-order valence-electron chi connectivity index (χ0n) is 23.2. The lowest BCUT2D eigenvalue weighted by Crippen LogP contribution is -2.37. The minimum atomic E-state index is -0.590. The molecule has 0 saturated heterocycles. The number of hydrogen-bond acceptors (Lipinski definition) is 8. The van der Waals surface area contributed by atoms with E-state index in [4.69, 9.17) is 9.47 Å². The summed E-state index contributed by atoms with van der Waals surface area (Å²) in [6, 6.07) is 17.2. The number of thioether (sulfide) groups is 1. The maximum Gasteiger partial charge on any atom is 0.410 e. The average molecular weight is 550 g/mol. The van der Waals surface area contributed by atoms with Gasteiger partial charge >= 0.3 is 6.09 Å². The molecule has 0 radical (unpaired) electrons. The first-order valence-corrected chi connectivity index (χ1v) is 14.0. The second-order valence-electron chi connectivity index (χ2n) is 10.3. The molecule has 0 bridgehead atoms. The van der Waals surface area contributed by atoms with E-state index in [2.05, 4.69) is 9.97 Å². The number of aromatic nitrogens is 2. The molecule has 1 aromatic heterocycles. The molecule has 39 heavy (non-hydrogen) atoms. The highest BCUT2D eigenvalue weighted by atomic mass is 32.2. The summed E-state index contributed by atoms with van der Waals surface area (Å²) in [6.45, 7) is 6.96. The molecule has 10 heteroatoms. The van der Waals surface area contributed by atoms with E-state index in [-0.39, 0.29) is 5.91 Å². The van der Waals surface area contributed by atoms with Crippen molar-refractivity contribution < 1.29 is 19.1 Å². The first-order chi connectivity index (χ1) is 18.6. The van der Waals surface area contributed by atoms with Crippen LogP contribution in [0.4, 0.5) is 16.3 Å². The summed E-state index contributed by atoms with van der Waals surface area (Å²) in [4.78, 5) is 40.2. The van der Waals surface area contributed by atoms with Crippen LogP contribution in [0, 0.1) is 0 Å². The summed E-state index contributed by atoms with van der Waals surface area (Å²) in [5, 5.41) is 0.633. The smallest absolute Gasteiger partial charge is 0.410 e. The van der Waals surface area contributed by atoms with Gasteiger partial charge in [-0.15, -0.1) is 0 Å². The normalized spacial score (nSPS) is 14.4. The topological polar surface area (TPSA) is 88.1 Å². The van der Waals surface area contributed by atoms with Gasteiger partial charge in [0.05, 0.1) is 6.54 Å². The molecule has 1 unspecified atom stereocenters. The summed E-state index contributed by atoms with van der Waals surface area (Å²) in [6.07, 6.45) is 2.68. The van der Waals surface area contributed by atoms with Crippen LogP contribution >= 0.6 is 11.8 Å². The molecule has 0 saturated carbocycles. The Kier molecular flexibility index (Phi) is 8.64. The number of carbonyl (C=O) groups is 2. The summed E-state index contributed by atoms with van der Waals surface area (Å²) >= 11 is 1.44. The molecule has 2 amide bonds. The van der Waals surface area contributed by atoms with E-state index in [0.29, 0.717) is 41.9 Å². The fraction of sp³-hybridized carbons (Fsp3) is 0.379. The Balaban J connectivity index is 1.53. The van der Waals surface area contributed by atoms with E-state index in [0.717, 1.165) is 11.3 Å². The van der Waals surface area contributed by atoms with Crippen LogP contribution in [-0.4, -0.2) is 72.5 Å². The number of ether oxygens (including phenoxy) is 2. The molecule has 1 aliphatic heterocycles. The van der Waals surface area contributed by atoms with Crippen molar-refractivity contribution in [2.45, 2.75) is 37.6 Å². The van der Waals surface area contributed by atoms with Crippen LogP contribution in [-0.2, 0) is 4.74 Å². The molecule has 9 nitrogen and oxygen atoms in total. The molecular formula is C29H35N5O4S. The molecular weight excluding hydrogens is 514 g/mol. The van der Waals surface area contributed by atoms with E-state index in [1.807, 2.05) is 93.6 Å². The Hall–Kier alpha value is -3.79. The SMILES string of the molecule is CSc1ncc2c(n1)N(C)CCN(c1ccc(OC(CN(C)C(=O)OC(C)(C)C)c3ccccc3)cc1)C2=O. The molecule has 0 fully saturated rings. The first kappa shape index (κ1) is 28.2. The van der Waals surface area contributed by atoms with Gasteiger partial charge in [0, 0.05) is 39.1 Å². The number of nitrogens with zero attached hydrogens (tertiary/aromatic N) is 5. The van der Waals surface area contributed by atoms with Gasteiger partial charge in [0.15, 0.2) is 5.16 Å². The Morgan fingerprint density at radius 3 is 2.44 bits per heavy atom. The second-order valence-corrected chi connectivity index (χ2v) is 11.1. The van der Waals surface area contributed by atoms with Crippen molar-refractivity contribution in [1.29, 1.82) is 0 Å². The van der Waals surface area contributed by atoms with Gasteiger partial charge in [-0.25, -0.2) is 14.8 Å². The highest BCUT2D eigenvalue weighted by molar-refractivity contribution is 7.98. The van der Waals surface area contributed by atoms with Crippen molar-refractivity contribution in [1.82, 2.24) is 14.9 Å². The van der Waals surface area contributed by atoms with Gasteiger partial charge in [-0.2, -0.15) is 0 Å². The number of rotatable bonds is 7. The Morgan fingerprint density at radius 1 is 1.10 bits per heavy atom. The minimum absolute atomic E-state index is 0.142. The largest absolute Gasteiger partial charge is 0.484 e. The van der Waals surface area contributed by atoms with Crippen LogP contribution in [0.15, 0.2) is 66.0 Å². The number of hydrogen-bond donors (Lipinski definition) is 0. The Bertz CT molecular complexity index is 1300. The van der Waals surface area contributed by atoms with E-state index >= 15 is 0 Å². The first-order valence-electron chi connectivity index (χ1n) is 12.8. The monoisotopic (exact) mass is 549 g/mol. The van der Waals surface area contributed by atoms with Crippen LogP contribution in [0.2, 0.25) is 0 Å². The Labute approximate surface area is 234 Å². The number of likely N-dealkylation sites (N-methyl/N-ethyl adjacent to an activating group) is 2. The lowest BCUT2D eigenvalue weighted by Gasteiger charge is -2.28. The highest BCUT2D eigenvalue weighted by Gasteiger charge is 2.28. The third kappa shape index (κ3) is 7.00. The third-order valence-corrected chi connectivity index (χ3v) is 6.73. The quantitative estimate of drug-likeness (QED) is 0.291. The van der Waals surface area contributed by atoms with Gasteiger partial charge in [0.25, 0.3) is 5.91 Å². The minimum Gasteiger partial charge on any atom is -0.484 e. The van der Waals surface area contributed by atoms with Gasteiger partial charge < -0.3 is 24.2 Å². The maximum atomic E-state index is 13.4. The van der Waals surface area contributed by atoms with E-state index in [1.165, 1.54) is 16.7 Å². The zero-order valence-corrected chi connectivity index (χ0v) is 24.1. The molecule has 2 aromatic carbocycles. The van der Waals surface area contributed by atoms with Crippen molar-refractivity contribution in [2.24, 2.45) is 0 Å². The Morgan fingerprint density at radius 2 is 1.79 bits per heavy atom. The lowest BCUT2D eigenvalue weighted by atomic mass is 10.1. The van der Waals surface area contributed by atoms with Gasteiger partial charge in [-0.05, 0) is 56.9 Å². The molecule has 0 spiro atoms. The van der Waals surface area contributed by atoms with Crippen LogP contribution < -0.4 is 14.5 Å². The molecule has 206 valence electrons. The average Bonchev–Trinajstić information content (AvgIpc) is 3.04. The molecule has 0 N–H and O–H groups in total. The van der Waals surface area contributed by atoms with Crippen LogP contribution in [0.3, 0.4) is 0 Å². The van der Waals surface area contributed by atoms with E-state index in [9.17, 15) is 9.59 Å². The fourth-order valence-electron chi connectivity index (χ4n) is 4.16. The maximum absolute atomic E-state index is 13.4. The molecule has 1 aliphatic rings. The number of amides is 2. The summed E-state index contributed by atoms with van der Waals surface area (Å²) in [5.74, 6) is 1.12. The predicted octanol–water partition coefficient (Wildman–Crippen LogP) is 5.28. The molecule has 2 heterocycles. The number of benzene rings is 2. The van der Waals surface area contributed by atoms with Gasteiger partial charge in [0.1, 0.15) is 28.8 Å². The summed E-state index contributed by atoms with van der Waals surface area (Å²) < 4.78 is 11.9. The van der Waals surface area contributed by atoms with Gasteiger partial charge in [-0.1, -0.05) is 42.1 Å². The van der Waals surface area contributed by atoms with E-state index in [1.54, 1.807) is 18.1 Å². The fourth-order valence-corrected chi connectivity index (χ4v) is 4.49. The van der Waals surface area contributed by atoms with Crippen LogP contribution in [0.25, 0.3) is 0 Å². The van der Waals surface area contributed by atoms with Crippen molar-refractivity contribution >= 4 is 35.3 Å². The van der Waals surface area contributed by atoms with Crippen molar-refractivity contribution in [2.75, 3.05) is 49.8 Å². The molecule has 1 atom stereocenters. The molecule has 4 rings (SSSR count). The summed E-state index contributed by atoms with van der Waals surface area (Å²) in [5.41, 5.74) is 1.57. The molecule has 3 aromatic rings. The van der Waals surface area contributed by atoms with Crippen molar-refractivity contribution in [3.05, 3.63) is 71.9 Å². The van der Waals surface area contributed by atoms with Crippen molar-refractivity contribution in [3.8, 4) is 5.75 Å². The zero-order chi connectivity index (χ0) is 28.2. The molecule has 0 aliphatic carbocycles. The van der Waals surface area contributed by atoms with Crippen molar-refractivity contribution in [3.63, 3.8) is 0 Å². The second kappa shape index (κ2) is 11.9. The number of fused-ring (bicyclic) bond motifs is 1. The van der Waals surface area contributed by atoms with Gasteiger partial charge in [-0.3, -0.25) is 4.79 Å². The predicted molar refractivity (Wildman–Crippen MR) is 154 cm³/mol. The summed E-state index contributed by atoms with van der Waals surface area (Å²) in [7, 11) is 3.63. The third-order valence-electron chi connectivity index (χ3n) is 6.17. The van der Waals surface area contributed by atoms with Crippen LogP contribution in [0.1, 0.15) is 42.8 Å². The van der Waals surface area contributed by atoms with E-state index < -0.39 is 17.8 Å². The number of carbonyl (C=O) groups excluding carboxylic acids is 2. The number of anilines is 2. The highest BCUT2D eigenvalue weighted by Crippen LogP contribution is 2.30. The van der Waals surface area contributed by atoms with Gasteiger partial charge in [0.2, 0.25) is 0 Å². The standard InChI is InChI=1S/C29H35N5O4S/c1-29(2,3)38-28(36)33(5)19-24(20-10-8-7-9-11-20)37-22-14-12-21(13-15-22)34-17-16-32(4)25-23(26(34)35)18-30-27(31-25)39-6/h7-15,18,24H,16-17,19H2,1-6H3. The van der Waals surface area contributed by atoms with Crippen LogP contribution in [0.5, 0.6) is 5.75 Å². The lowest BCUT2D eigenvalue weighted by molar-refractivity contribution is 0.0226.